The molecule has 0 radical (unpaired) electrons. The van der Waals surface area contributed by atoms with Crippen molar-refractivity contribution in [3.8, 4) is 17.2 Å². The van der Waals surface area contributed by atoms with E-state index in [1.54, 1.807) is 37.4 Å². The van der Waals surface area contributed by atoms with Crippen LogP contribution in [0.2, 0.25) is 5.02 Å². The van der Waals surface area contributed by atoms with Crippen LogP contribution in [0.1, 0.15) is 31.9 Å². The highest BCUT2D eigenvalue weighted by Gasteiger charge is 2.36. The summed E-state index contributed by atoms with van der Waals surface area (Å²) >= 11 is 6.17. The molecule has 0 fully saturated rings. The van der Waals surface area contributed by atoms with Crippen molar-refractivity contribution in [1.82, 2.24) is 10.2 Å². The fraction of sp³-hybridized carbons (Fsp3) is 0.297. The lowest BCUT2D eigenvalue weighted by molar-refractivity contribution is -0.140. The molecular formula is C37H42ClN3O7S. The monoisotopic (exact) mass is 707 g/mol. The van der Waals surface area contributed by atoms with Crippen LogP contribution in [0.3, 0.4) is 0 Å². The average molecular weight is 708 g/mol. The number of sulfonamides is 1. The maximum Gasteiger partial charge on any atom is 0.264 e. The number of rotatable bonds is 14. The zero-order chi connectivity index (χ0) is 35.8. The van der Waals surface area contributed by atoms with Gasteiger partial charge in [0, 0.05) is 29.6 Å². The normalized spacial score (nSPS) is 12.1. The van der Waals surface area contributed by atoms with Gasteiger partial charge in [-0.05, 0) is 80.4 Å². The van der Waals surface area contributed by atoms with E-state index >= 15 is 0 Å². The van der Waals surface area contributed by atoms with Crippen molar-refractivity contribution in [1.29, 1.82) is 0 Å². The molecule has 49 heavy (non-hydrogen) atoms. The maximum absolute atomic E-state index is 14.7. The summed E-state index contributed by atoms with van der Waals surface area (Å²) in [5, 5.41) is 3.41. The Morgan fingerprint density at radius 3 is 2.06 bits per heavy atom. The number of methoxy groups -OCH3 is 3. The van der Waals surface area contributed by atoms with E-state index in [9.17, 15) is 18.0 Å². The first-order valence-electron chi connectivity index (χ1n) is 15.5. The summed E-state index contributed by atoms with van der Waals surface area (Å²) in [6, 6.07) is 25.9. The van der Waals surface area contributed by atoms with Gasteiger partial charge in [-0.2, -0.15) is 0 Å². The molecule has 2 amide bonds. The third kappa shape index (κ3) is 9.67. The molecule has 0 saturated heterocycles. The van der Waals surface area contributed by atoms with Crippen LogP contribution in [-0.4, -0.2) is 64.6 Å². The summed E-state index contributed by atoms with van der Waals surface area (Å²) < 4.78 is 45.9. The van der Waals surface area contributed by atoms with Crippen molar-refractivity contribution >= 4 is 39.1 Å². The maximum atomic E-state index is 14.7. The topological polar surface area (TPSA) is 114 Å². The van der Waals surface area contributed by atoms with Crippen LogP contribution in [0.15, 0.2) is 102 Å². The van der Waals surface area contributed by atoms with Crippen molar-refractivity contribution in [2.24, 2.45) is 0 Å². The Morgan fingerprint density at radius 2 is 1.45 bits per heavy atom. The Balaban J connectivity index is 1.85. The van der Waals surface area contributed by atoms with Gasteiger partial charge in [-0.1, -0.05) is 54.1 Å². The molecule has 0 aliphatic rings. The van der Waals surface area contributed by atoms with Crippen LogP contribution in [-0.2, 0) is 32.6 Å². The summed E-state index contributed by atoms with van der Waals surface area (Å²) in [5.74, 6) is 0.128. The van der Waals surface area contributed by atoms with Crippen molar-refractivity contribution in [2.45, 2.75) is 50.2 Å². The fourth-order valence-electron chi connectivity index (χ4n) is 5.21. The Labute approximate surface area is 293 Å². The molecule has 1 N–H and O–H groups in total. The molecule has 0 saturated carbocycles. The number of benzene rings is 4. The van der Waals surface area contributed by atoms with Crippen molar-refractivity contribution < 1.29 is 32.2 Å². The van der Waals surface area contributed by atoms with E-state index in [1.807, 2.05) is 57.2 Å². The number of amides is 2. The average Bonchev–Trinajstić information content (AvgIpc) is 3.08. The van der Waals surface area contributed by atoms with Gasteiger partial charge in [0.25, 0.3) is 10.0 Å². The van der Waals surface area contributed by atoms with Crippen LogP contribution in [0.5, 0.6) is 17.2 Å². The van der Waals surface area contributed by atoms with E-state index in [2.05, 4.69) is 5.32 Å². The second-order valence-corrected chi connectivity index (χ2v) is 14.6. The molecule has 10 nitrogen and oxygen atoms in total. The number of ether oxygens (including phenoxy) is 3. The quantitative estimate of drug-likeness (QED) is 0.168. The minimum atomic E-state index is -4.38. The SMILES string of the molecule is COc1cccc(CN(C(=O)CN(c2ccc(Cl)cc2)S(=O)(=O)c2ccc(OC)c(OC)c2)[C@@H](Cc2ccccc2)C(=O)NC(C)(C)C)c1. The van der Waals surface area contributed by atoms with Crippen molar-refractivity contribution in [3.63, 3.8) is 0 Å². The van der Waals surface area contributed by atoms with E-state index in [0.29, 0.717) is 22.1 Å². The number of hydrogen-bond donors (Lipinski definition) is 1. The van der Waals surface area contributed by atoms with Crippen molar-refractivity contribution in [2.75, 3.05) is 32.2 Å². The molecule has 0 aliphatic carbocycles. The summed E-state index contributed by atoms with van der Waals surface area (Å²) in [4.78, 5) is 30.1. The van der Waals surface area contributed by atoms with Crippen LogP contribution in [0.25, 0.3) is 0 Å². The van der Waals surface area contributed by atoms with Gasteiger partial charge in [-0.3, -0.25) is 13.9 Å². The number of nitrogens with one attached hydrogen (secondary N) is 1. The molecule has 0 aromatic heterocycles. The highest BCUT2D eigenvalue weighted by Crippen LogP contribution is 2.33. The molecule has 0 unspecified atom stereocenters. The minimum absolute atomic E-state index is 0.00401. The molecule has 4 aromatic rings. The molecular weight excluding hydrogens is 666 g/mol. The van der Waals surface area contributed by atoms with E-state index in [0.717, 1.165) is 9.87 Å². The van der Waals surface area contributed by atoms with Gasteiger partial charge in [-0.15, -0.1) is 0 Å². The van der Waals surface area contributed by atoms with Gasteiger partial charge >= 0.3 is 0 Å². The minimum Gasteiger partial charge on any atom is -0.497 e. The molecule has 260 valence electrons. The Bertz CT molecular complexity index is 1850. The Kier molecular flexibility index (Phi) is 12.2. The van der Waals surface area contributed by atoms with E-state index < -0.39 is 34.1 Å². The molecule has 0 bridgehead atoms. The first-order chi connectivity index (χ1) is 23.2. The van der Waals surface area contributed by atoms with Gasteiger partial charge in [-0.25, -0.2) is 8.42 Å². The molecule has 0 spiro atoms. The van der Waals surface area contributed by atoms with Crippen LogP contribution in [0.4, 0.5) is 5.69 Å². The van der Waals surface area contributed by atoms with Gasteiger partial charge in [0.05, 0.1) is 31.9 Å². The third-order valence-electron chi connectivity index (χ3n) is 7.59. The number of anilines is 1. The van der Waals surface area contributed by atoms with Crippen molar-refractivity contribution in [3.05, 3.63) is 113 Å². The molecule has 0 aliphatic heterocycles. The second kappa shape index (κ2) is 16.1. The number of halogens is 1. The highest BCUT2D eigenvalue weighted by molar-refractivity contribution is 7.92. The van der Waals surface area contributed by atoms with E-state index in [-0.39, 0.29) is 35.2 Å². The number of nitrogens with zero attached hydrogens (tertiary/aromatic N) is 2. The number of carbonyl (C=O) groups is 2. The Hall–Kier alpha value is -4.74. The smallest absolute Gasteiger partial charge is 0.264 e. The van der Waals surface area contributed by atoms with Gasteiger partial charge in [0.2, 0.25) is 11.8 Å². The summed E-state index contributed by atoms with van der Waals surface area (Å²) in [6.07, 6.45) is 0.182. The summed E-state index contributed by atoms with van der Waals surface area (Å²) in [5.41, 5.74) is 1.11. The van der Waals surface area contributed by atoms with E-state index in [1.165, 1.54) is 49.5 Å². The molecule has 12 heteroatoms. The van der Waals surface area contributed by atoms with Crippen LogP contribution in [0, 0.1) is 0 Å². The zero-order valence-electron chi connectivity index (χ0n) is 28.5. The standard InChI is InChI=1S/C37H42ClN3O7S/c1-37(2,3)39-36(43)32(22-26-11-8-7-9-12-26)40(24-27-13-10-14-30(21-27)46-4)35(42)25-41(29-17-15-28(38)16-18-29)49(44,45)31-19-20-33(47-5)34(23-31)48-6/h7-21,23,32H,22,24-25H2,1-6H3,(H,39,43)/t32-/m0/s1. The summed E-state index contributed by atoms with van der Waals surface area (Å²) in [6.45, 7) is 4.94. The molecule has 0 heterocycles. The number of carbonyl (C=O) groups excluding carboxylic acids is 2. The highest BCUT2D eigenvalue weighted by atomic mass is 35.5. The molecule has 1 atom stereocenters. The zero-order valence-corrected chi connectivity index (χ0v) is 30.0. The van der Waals surface area contributed by atoms with Gasteiger partial charge < -0.3 is 24.4 Å². The first kappa shape index (κ1) is 37.1. The third-order valence-corrected chi connectivity index (χ3v) is 9.61. The van der Waals surface area contributed by atoms with Gasteiger partial charge in [0.1, 0.15) is 18.3 Å². The lowest BCUT2D eigenvalue weighted by Gasteiger charge is -2.35. The number of hydrogen-bond acceptors (Lipinski definition) is 7. The molecule has 4 aromatic carbocycles. The predicted octanol–water partition coefficient (Wildman–Crippen LogP) is 6.12. The van der Waals surface area contributed by atoms with Crippen LogP contribution >= 0.6 is 11.6 Å². The summed E-state index contributed by atoms with van der Waals surface area (Å²) in [7, 11) is 0.00924. The predicted molar refractivity (Wildman–Crippen MR) is 191 cm³/mol. The lowest BCUT2D eigenvalue weighted by atomic mass is 10.0. The largest absolute Gasteiger partial charge is 0.497 e. The first-order valence-corrected chi connectivity index (χ1v) is 17.4. The Morgan fingerprint density at radius 1 is 0.796 bits per heavy atom. The van der Waals surface area contributed by atoms with Crippen LogP contribution < -0.4 is 23.8 Å². The fourth-order valence-corrected chi connectivity index (χ4v) is 6.77. The molecule has 4 rings (SSSR count). The lowest BCUT2D eigenvalue weighted by Crippen LogP contribution is -2.56. The van der Waals surface area contributed by atoms with Gasteiger partial charge in [0.15, 0.2) is 11.5 Å². The van der Waals surface area contributed by atoms with E-state index in [4.69, 9.17) is 25.8 Å². The second-order valence-electron chi connectivity index (χ2n) is 12.3.